The molecule has 0 radical (unpaired) electrons. The molecule has 1 heterocycles. The Morgan fingerprint density at radius 1 is 1.38 bits per heavy atom. The Balaban J connectivity index is 1.89. The first kappa shape index (κ1) is 11.9. The molecule has 1 aliphatic carbocycles. The van der Waals surface area contributed by atoms with E-state index in [1.54, 1.807) is 6.92 Å². The summed E-state index contributed by atoms with van der Waals surface area (Å²) >= 11 is 0. The van der Waals surface area contributed by atoms with Crippen LogP contribution in [0.5, 0.6) is 0 Å². The van der Waals surface area contributed by atoms with Crippen LogP contribution in [0.2, 0.25) is 0 Å². The lowest BCUT2D eigenvalue weighted by Crippen LogP contribution is -2.47. The van der Waals surface area contributed by atoms with Crippen LogP contribution in [0, 0.1) is 5.92 Å². The average molecular weight is 226 g/mol. The summed E-state index contributed by atoms with van der Waals surface area (Å²) < 4.78 is 0. The van der Waals surface area contributed by atoms with E-state index in [4.69, 9.17) is 5.11 Å². The molecule has 0 bridgehead atoms. The Labute approximate surface area is 96.8 Å². The summed E-state index contributed by atoms with van der Waals surface area (Å²) in [5.74, 6) is -0.116. The number of rotatable bonds is 4. The molecule has 0 aromatic heterocycles. The number of nitrogens with one attached hydrogen (secondary N) is 2. The fourth-order valence-electron chi connectivity index (χ4n) is 3.15. The first-order valence-corrected chi connectivity index (χ1v) is 6.40. The van der Waals surface area contributed by atoms with E-state index in [1.807, 2.05) is 0 Å². The molecule has 2 aliphatic rings. The van der Waals surface area contributed by atoms with E-state index in [2.05, 4.69) is 10.6 Å². The van der Waals surface area contributed by atoms with Gasteiger partial charge in [-0.1, -0.05) is 6.42 Å². The molecule has 2 rings (SSSR count). The van der Waals surface area contributed by atoms with E-state index in [-0.39, 0.29) is 0 Å². The van der Waals surface area contributed by atoms with Gasteiger partial charge in [-0.2, -0.15) is 0 Å². The lowest BCUT2D eigenvalue weighted by atomic mass is 9.92. The normalized spacial score (nSPS) is 36.4. The molecule has 0 amide bonds. The van der Waals surface area contributed by atoms with Crippen LogP contribution in [-0.4, -0.2) is 35.7 Å². The quantitative estimate of drug-likeness (QED) is 0.668. The van der Waals surface area contributed by atoms with Crippen molar-refractivity contribution in [2.45, 2.75) is 57.2 Å². The van der Waals surface area contributed by atoms with Crippen LogP contribution in [-0.2, 0) is 4.79 Å². The maximum atomic E-state index is 10.8. The third-order valence-electron chi connectivity index (χ3n) is 4.02. The van der Waals surface area contributed by atoms with Gasteiger partial charge in [0.1, 0.15) is 6.04 Å². The highest BCUT2D eigenvalue weighted by Gasteiger charge is 2.35. The minimum atomic E-state index is -0.745. The number of carboxylic acid groups (broad SMARTS) is 1. The van der Waals surface area contributed by atoms with Gasteiger partial charge in [0.05, 0.1) is 0 Å². The molecule has 1 saturated carbocycles. The lowest BCUT2D eigenvalue weighted by Gasteiger charge is -2.28. The van der Waals surface area contributed by atoms with Crippen molar-refractivity contribution in [2.24, 2.45) is 5.92 Å². The average Bonchev–Trinajstić information content (AvgIpc) is 2.85. The summed E-state index contributed by atoms with van der Waals surface area (Å²) in [6, 6.07) is 0.578. The number of carbonyl (C=O) groups is 1. The van der Waals surface area contributed by atoms with Gasteiger partial charge in [0.15, 0.2) is 0 Å². The van der Waals surface area contributed by atoms with E-state index in [9.17, 15) is 4.79 Å². The van der Waals surface area contributed by atoms with Crippen LogP contribution in [0.1, 0.15) is 39.0 Å². The zero-order valence-electron chi connectivity index (χ0n) is 9.91. The van der Waals surface area contributed by atoms with Gasteiger partial charge in [0, 0.05) is 12.1 Å². The summed E-state index contributed by atoms with van der Waals surface area (Å²) in [5, 5.41) is 15.7. The summed E-state index contributed by atoms with van der Waals surface area (Å²) in [7, 11) is 0. The van der Waals surface area contributed by atoms with Gasteiger partial charge < -0.3 is 15.7 Å². The van der Waals surface area contributed by atoms with Gasteiger partial charge >= 0.3 is 5.97 Å². The van der Waals surface area contributed by atoms with Gasteiger partial charge in [-0.05, 0) is 45.1 Å². The standard InChI is InChI=1S/C12H22N2O2/c1-8(12(15)16)14-11-5-2-4-9(11)10-6-3-7-13-10/h8-11,13-14H,2-7H2,1H3,(H,15,16). The Morgan fingerprint density at radius 3 is 2.81 bits per heavy atom. The fourth-order valence-corrected chi connectivity index (χ4v) is 3.15. The summed E-state index contributed by atoms with van der Waals surface area (Å²) in [5.41, 5.74) is 0. The molecule has 0 spiro atoms. The van der Waals surface area contributed by atoms with E-state index in [0.717, 1.165) is 13.0 Å². The van der Waals surface area contributed by atoms with Crippen molar-refractivity contribution >= 4 is 5.97 Å². The highest BCUT2D eigenvalue weighted by molar-refractivity contribution is 5.72. The van der Waals surface area contributed by atoms with Crippen molar-refractivity contribution in [3.63, 3.8) is 0 Å². The van der Waals surface area contributed by atoms with Crippen LogP contribution >= 0.6 is 0 Å². The van der Waals surface area contributed by atoms with E-state index < -0.39 is 12.0 Å². The Bertz CT molecular complexity index is 251. The monoisotopic (exact) mass is 226 g/mol. The Kier molecular flexibility index (Phi) is 3.82. The molecule has 2 fully saturated rings. The molecule has 4 atom stereocenters. The highest BCUT2D eigenvalue weighted by atomic mass is 16.4. The van der Waals surface area contributed by atoms with Gasteiger partial charge in [0.2, 0.25) is 0 Å². The smallest absolute Gasteiger partial charge is 0.320 e. The van der Waals surface area contributed by atoms with Crippen LogP contribution < -0.4 is 10.6 Å². The molecule has 92 valence electrons. The van der Waals surface area contributed by atoms with Crippen molar-refractivity contribution in [1.82, 2.24) is 10.6 Å². The second-order valence-electron chi connectivity index (χ2n) is 5.13. The SMILES string of the molecule is CC(NC1CCCC1C1CCCN1)C(=O)O. The number of hydrogen-bond donors (Lipinski definition) is 3. The molecular weight excluding hydrogens is 204 g/mol. The third-order valence-corrected chi connectivity index (χ3v) is 4.02. The van der Waals surface area contributed by atoms with E-state index in [1.165, 1.54) is 25.7 Å². The highest BCUT2D eigenvalue weighted by Crippen LogP contribution is 2.32. The van der Waals surface area contributed by atoms with Crippen molar-refractivity contribution in [1.29, 1.82) is 0 Å². The van der Waals surface area contributed by atoms with E-state index in [0.29, 0.717) is 18.0 Å². The fraction of sp³-hybridized carbons (Fsp3) is 0.917. The summed E-state index contributed by atoms with van der Waals surface area (Å²) in [6.45, 7) is 2.86. The van der Waals surface area contributed by atoms with Crippen molar-refractivity contribution < 1.29 is 9.90 Å². The van der Waals surface area contributed by atoms with Gasteiger partial charge in [-0.3, -0.25) is 4.79 Å². The van der Waals surface area contributed by atoms with Gasteiger partial charge in [-0.25, -0.2) is 0 Å². The lowest BCUT2D eigenvalue weighted by molar-refractivity contribution is -0.139. The molecular formula is C12H22N2O2. The van der Waals surface area contributed by atoms with E-state index >= 15 is 0 Å². The maximum Gasteiger partial charge on any atom is 0.320 e. The predicted octanol–water partition coefficient (Wildman–Crippen LogP) is 0.970. The third kappa shape index (κ3) is 2.55. The van der Waals surface area contributed by atoms with Crippen LogP contribution in [0.3, 0.4) is 0 Å². The molecule has 1 aliphatic heterocycles. The molecule has 4 heteroatoms. The molecule has 4 nitrogen and oxygen atoms in total. The molecule has 0 aromatic carbocycles. The minimum absolute atomic E-state index is 0.390. The van der Waals surface area contributed by atoms with Crippen molar-refractivity contribution in [3.8, 4) is 0 Å². The largest absolute Gasteiger partial charge is 0.480 e. The molecule has 16 heavy (non-hydrogen) atoms. The van der Waals surface area contributed by atoms with Crippen LogP contribution in [0.15, 0.2) is 0 Å². The topological polar surface area (TPSA) is 61.4 Å². The zero-order chi connectivity index (χ0) is 11.5. The molecule has 4 unspecified atom stereocenters. The second kappa shape index (κ2) is 5.15. The first-order valence-electron chi connectivity index (χ1n) is 6.40. The van der Waals surface area contributed by atoms with Crippen molar-refractivity contribution in [2.75, 3.05) is 6.54 Å². The Morgan fingerprint density at radius 2 is 2.19 bits per heavy atom. The van der Waals surface area contributed by atoms with Gasteiger partial charge in [0.25, 0.3) is 0 Å². The minimum Gasteiger partial charge on any atom is -0.480 e. The maximum absolute atomic E-state index is 10.8. The second-order valence-corrected chi connectivity index (χ2v) is 5.13. The molecule has 3 N–H and O–H groups in total. The van der Waals surface area contributed by atoms with Crippen LogP contribution in [0.4, 0.5) is 0 Å². The predicted molar refractivity (Wildman–Crippen MR) is 62.4 cm³/mol. The summed E-state index contributed by atoms with van der Waals surface area (Å²) in [4.78, 5) is 10.8. The number of carboxylic acids is 1. The molecule has 0 aromatic rings. The zero-order valence-corrected chi connectivity index (χ0v) is 9.91. The summed E-state index contributed by atoms with van der Waals surface area (Å²) in [6.07, 6.45) is 6.11. The number of hydrogen-bond acceptors (Lipinski definition) is 3. The molecule has 1 saturated heterocycles. The Hall–Kier alpha value is -0.610. The number of aliphatic carboxylic acids is 1. The first-order chi connectivity index (χ1) is 7.68. The van der Waals surface area contributed by atoms with Crippen molar-refractivity contribution in [3.05, 3.63) is 0 Å². The van der Waals surface area contributed by atoms with Gasteiger partial charge in [-0.15, -0.1) is 0 Å². The van der Waals surface area contributed by atoms with Crippen LogP contribution in [0.25, 0.3) is 0 Å².